The maximum absolute atomic E-state index is 14.5. The van der Waals surface area contributed by atoms with Gasteiger partial charge in [-0.25, -0.2) is 4.39 Å². The molecule has 0 aliphatic rings. The molecule has 0 unspecified atom stereocenters. The molecule has 0 spiro atoms. The van der Waals surface area contributed by atoms with Crippen molar-refractivity contribution in [2.75, 3.05) is 24.7 Å². The molecule has 0 bridgehead atoms. The molecule has 30 heavy (non-hydrogen) atoms. The largest absolute Gasteiger partial charge is 0.380 e. The van der Waals surface area contributed by atoms with Crippen LogP contribution in [-0.2, 0) is 6.54 Å². The first-order valence-corrected chi connectivity index (χ1v) is 9.67. The highest BCUT2D eigenvalue weighted by Gasteiger charge is 2.13. The van der Waals surface area contributed by atoms with Crippen molar-refractivity contribution < 1.29 is 9.18 Å². The van der Waals surface area contributed by atoms with E-state index in [1.807, 2.05) is 0 Å². The first-order valence-electron chi connectivity index (χ1n) is 9.29. The molecular weight excluding hydrogens is 403 g/mol. The molecule has 154 valence electrons. The summed E-state index contributed by atoms with van der Waals surface area (Å²) >= 11 is 5.88. The number of carbonyl (C=O) groups excluding carboxylic acids is 1. The van der Waals surface area contributed by atoms with Crippen LogP contribution in [-0.4, -0.2) is 30.7 Å². The number of halogens is 2. The lowest BCUT2D eigenvalue weighted by atomic mass is 10.1. The number of nitrogens with one attached hydrogen (secondary N) is 3. The van der Waals surface area contributed by atoms with Crippen molar-refractivity contribution >= 4 is 34.7 Å². The third-order valence-electron chi connectivity index (χ3n) is 4.52. The molecule has 3 rings (SSSR count). The van der Waals surface area contributed by atoms with Crippen molar-refractivity contribution in [1.82, 2.24) is 4.90 Å². The summed E-state index contributed by atoms with van der Waals surface area (Å²) < 4.78 is 14.5. The molecule has 0 atom stereocenters. The van der Waals surface area contributed by atoms with Crippen molar-refractivity contribution in [3.05, 3.63) is 94.3 Å². The Balaban J connectivity index is 1.73. The van der Waals surface area contributed by atoms with Crippen LogP contribution in [0.3, 0.4) is 0 Å². The monoisotopic (exact) mass is 424 g/mol. The average Bonchev–Trinajstić information content (AvgIpc) is 2.74. The van der Waals surface area contributed by atoms with E-state index in [1.54, 1.807) is 79.7 Å². The number of benzene rings is 3. The maximum Gasteiger partial charge on any atom is 0.257 e. The van der Waals surface area contributed by atoms with Crippen molar-refractivity contribution in [3.8, 4) is 0 Å². The fraction of sp³-hybridized carbons (Fsp3) is 0.130. The Kier molecular flexibility index (Phi) is 6.69. The van der Waals surface area contributed by atoms with Crippen LogP contribution < -0.4 is 10.6 Å². The quantitative estimate of drug-likeness (QED) is 0.375. The topological polar surface area (TPSA) is 68.2 Å². The van der Waals surface area contributed by atoms with Gasteiger partial charge < -0.3 is 15.5 Å². The molecule has 0 aliphatic carbocycles. The molecule has 0 aromatic heterocycles. The number of amidine groups is 1. The summed E-state index contributed by atoms with van der Waals surface area (Å²) in [6.45, 7) is 0.201. The summed E-state index contributed by atoms with van der Waals surface area (Å²) in [6, 6.07) is 18.6. The maximum atomic E-state index is 14.5. The second-order valence-electron chi connectivity index (χ2n) is 6.91. The van der Waals surface area contributed by atoms with Gasteiger partial charge in [0.2, 0.25) is 0 Å². The van der Waals surface area contributed by atoms with Crippen LogP contribution in [0, 0.1) is 11.2 Å². The number of hydrogen-bond acceptors (Lipinski definition) is 3. The Bertz CT molecular complexity index is 1070. The van der Waals surface area contributed by atoms with E-state index in [0.717, 1.165) is 0 Å². The van der Waals surface area contributed by atoms with E-state index >= 15 is 0 Å². The zero-order valence-electron chi connectivity index (χ0n) is 16.7. The Hall–Kier alpha value is -3.38. The Morgan fingerprint density at radius 1 is 1.07 bits per heavy atom. The minimum Gasteiger partial charge on any atom is -0.380 e. The minimum absolute atomic E-state index is 0.201. The molecule has 3 N–H and O–H groups in total. The number of para-hydroxylation sites is 1. The van der Waals surface area contributed by atoms with Crippen molar-refractivity contribution in [1.29, 1.82) is 5.41 Å². The number of nitrogens with zero attached hydrogens (tertiary/aromatic N) is 1. The fourth-order valence-electron chi connectivity index (χ4n) is 2.85. The van der Waals surface area contributed by atoms with Gasteiger partial charge >= 0.3 is 0 Å². The smallest absolute Gasteiger partial charge is 0.257 e. The lowest BCUT2D eigenvalue weighted by Gasteiger charge is -2.15. The SMILES string of the molecule is CN(C)C(=N)c1ccc(CNc2ccccc2C(=O)Nc2ccc(Cl)cc2)c(F)c1. The van der Waals surface area contributed by atoms with Gasteiger partial charge in [-0.3, -0.25) is 10.2 Å². The van der Waals surface area contributed by atoms with Crippen LogP contribution in [0.25, 0.3) is 0 Å². The Labute approximate surface area is 180 Å². The first-order chi connectivity index (χ1) is 14.3. The summed E-state index contributed by atoms with van der Waals surface area (Å²) in [5, 5.41) is 14.5. The van der Waals surface area contributed by atoms with Crippen LogP contribution in [0.4, 0.5) is 15.8 Å². The van der Waals surface area contributed by atoms with Gasteiger partial charge in [-0.1, -0.05) is 35.9 Å². The van der Waals surface area contributed by atoms with E-state index in [0.29, 0.717) is 33.1 Å². The normalized spacial score (nSPS) is 10.4. The fourth-order valence-corrected chi connectivity index (χ4v) is 2.98. The zero-order valence-corrected chi connectivity index (χ0v) is 17.4. The summed E-state index contributed by atoms with van der Waals surface area (Å²) in [7, 11) is 3.48. The predicted octanol–water partition coefficient (Wildman–Crippen LogP) is 5.23. The molecule has 3 aromatic rings. The zero-order chi connectivity index (χ0) is 21.7. The first kappa shape index (κ1) is 21.3. The summed E-state index contributed by atoms with van der Waals surface area (Å²) in [6.07, 6.45) is 0. The summed E-state index contributed by atoms with van der Waals surface area (Å²) in [5.74, 6) is -0.456. The van der Waals surface area contributed by atoms with Gasteiger partial charge in [0.25, 0.3) is 5.91 Å². The predicted molar refractivity (Wildman–Crippen MR) is 120 cm³/mol. The molecule has 0 radical (unpaired) electrons. The second-order valence-corrected chi connectivity index (χ2v) is 7.35. The van der Waals surface area contributed by atoms with Crippen LogP contribution in [0.5, 0.6) is 0 Å². The van der Waals surface area contributed by atoms with Crippen molar-refractivity contribution in [2.24, 2.45) is 0 Å². The standard InChI is InChI=1S/C23H22ClFN4O/c1-29(2)22(26)15-7-8-16(20(25)13-15)14-27-21-6-4-3-5-19(21)23(30)28-18-11-9-17(24)10-12-18/h3-13,26-27H,14H2,1-2H3,(H,28,30). The number of anilines is 2. The van der Waals surface area contributed by atoms with E-state index in [9.17, 15) is 9.18 Å². The Morgan fingerprint density at radius 3 is 2.43 bits per heavy atom. The highest BCUT2D eigenvalue weighted by molar-refractivity contribution is 6.30. The van der Waals surface area contributed by atoms with Crippen LogP contribution in [0.2, 0.25) is 5.02 Å². The van der Waals surface area contributed by atoms with E-state index in [1.165, 1.54) is 6.07 Å². The highest BCUT2D eigenvalue weighted by atomic mass is 35.5. The molecule has 5 nitrogen and oxygen atoms in total. The third-order valence-corrected chi connectivity index (χ3v) is 4.77. The lowest BCUT2D eigenvalue weighted by molar-refractivity contribution is 0.102. The molecule has 1 amide bonds. The highest BCUT2D eigenvalue weighted by Crippen LogP contribution is 2.20. The van der Waals surface area contributed by atoms with Crippen molar-refractivity contribution in [2.45, 2.75) is 6.54 Å². The van der Waals surface area contributed by atoms with Crippen LogP contribution in [0.1, 0.15) is 21.5 Å². The van der Waals surface area contributed by atoms with Crippen LogP contribution in [0.15, 0.2) is 66.7 Å². The van der Waals surface area contributed by atoms with Crippen LogP contribution >= 0.6 is 11.6 Å². The second kappa shape index (κ2) is 9.41. The van der Waals surface area contributed by atoms with Gasteiger partial charge in [0, 0.05) is 48.2 Å². The minimum atomic E-state index is -0.408. The van der Waals surface area contributed by atoms with E-state index in [-0.39, 0.29) is 18.3 Å². The van der Waals surface area contributed by atoms with Gasteiger partial charge in [0.05, 0.1) is 5.56 Å². The molecule has 3 aromatic carbocycles. The van der Waals surface area contributed by atoms with Gasteiger partial charge in [-0.2, -0.15) is 0 Å². The number of carbonyl (C=O) groups is 1. The van der Waals surface area contributed by atoms with E-state index < -0.39 is 5.82 Å². The van der Waals surface area contributed by atoms with Gasteiger partial charge in [-0.15, -0.1) is 0 Å². The van der Waals surface area contributed by atoms with Gasteiger partial charge in [-0.05, 0) is 42.5 Å². The molecule has 0 fully saturated rings. The van der Waals surface area contributed by atoms with Gasteiger partial charge in [0.15, 0.2) is 0 Å². The molecule has 0 saturated heterocycles. The average molecular weight is 425 g/mol. The summed E-state index contributed by atoms with van der Waals surface area (Å²) in [4.78, 5) is 14.3. The molecular formula is C23H22ClFN4O. The molecule has 0 aliphatic heterocycles. The number of amides is 1. The molecule has 7 heteroatoms. The summed E-state index contributed by atoms with van der Waals surface area (Å²) in [5.41, 5.74) is 2.61. The third kappa shape index (κ3) is 5.15. The molecule has 0 heterocycles. The lowest BCUT2D eigenvalue weighted by Crippen LogP contribution is -2.22. The van der Waals surface area contributed by atoms with Crippen molar-refractivity contribution in [3.63, 3.8) is 0 Å². The van der Waals surface area contributed by atoms with E-state index in [2.05, 4.69) is 10.6 Å². The number of rotatable bonds is 6. The Morgan fingerprint density at radius 2 is 1.77 bits per heavy atom. The molecule has 0 saturated carbocycles. The van der Waals surface area contributed by atoms with E-state index in [4.69, 9.17) is 17.0 Å². The van der Waals surface area contributed by atoms with Gasteiger partial charge in [0.1, 0.15) is 11.7 Å². The number of hydrogen-bond donors (Lipinski definition) is 3.